The van der Waals surface area contributed by atoms with Crippen LogP contribution in [0.25, 0.3) is 0 Å². The number of rotatable bonds is 5. The van der Waals surface area contributed by atoms with E-state index < -0.39 is 11.8 Å². The van der Waals surface area contributed by atoms with Crippen LogP contribution in [-0.2, 0) is 16.2 Å². The molecule has 136 valence electrons. The van der Waals surface area contributed by atoms with Gasteiger partial charge in [0.15, 0.2) is 0 Å². The second-order valence-corrected chi connectivity index (χ2v) is 6.78. The Morgan fingerprint density at radius 1 is 0.962 bits per heavy atom. The van der Waals surface area contributed by atoms with E-state index in [0.717, 1.165) is 31.2 Å². The van der Waals surface area contributed by atoms with Crippen LogP contribution < -0.4 is 15.4 Å². The van der Waals surface area contributed by atoms with Crippen molar-refractivity contribution in [2.45, 2.75) is 38.3 Å². The van der Waals surface area contributed by atoms with Gasteiger partial charge in [0.1, 0.15) is 12.4 Å². The highest BCUT2D eigenvalue weighted by Gasteiger charge is 2.21. The van der Waals surface area contributed by atoms with E-state index in [0.29, 0.717) is 23.1 Å². The third kappa shape index (κ3) is 5.23. The van der Waals surface area contributed by atoms with Crippen molar-refractivity contribution >= 4 is 29.1 Å². The maximum atomic E-state index is 12.0. The monoisotopic (exact) mass is 372 g/mol. The van der Waals surface area contributed by atoms with E-state index >= 15 is 0 Å². The fraction of sp³-hybridized carbons (Fsp3) is 0.300. The van der Waals surface area contributed by atoms with Crippen molar-refractivity contribution in [3.05, 3.63) is 59.1 Å². The molecule has 26 heavy (non-hydrogen) atoms. The van der Waals surface area contributed by atoms with E-state index in [1.54, 1.807) is 24.3 Å². The quantitative estimate of drug-likeness (QED) is 0.782. The van der Waals surface area contributed by atoms with Gasteiger partial charge in [-0.1, -0.05) is 36.6 Å². The molecule has 5 nitrogen and oxygen atoms in total. The molecule has 0 unspecified atom stereocenters. The Balaban J connectivity index is 1.48. The lowest BCUT2D eigenvalue weighted by atomic mass is 10.2. The summed E-state index contributed by atoms with van der Waals surface area (Å²) in [5, 5.41) is 6.06. The van der Waals surface area contributed by atoms with Crippen molar-refractivity contribution in [1.29, 1.82) is 0 Å². The minimum Gasteiger partial charge on any atom is -0.489 e. The Hall–Kier alpha value is -2.53. The number of hydrogen-bond donors (Lipinski definition) is 2. The van der Waals surface area contributed by atoms with Crippen LogP contribution in [0.5, 0.6) is 5.75 Å². The molecule has 2 aromatic rings. The SMILES string of the molecule is O=C(Nc1ccc(OCc2ccc(Cl)cc2)cc1)C(=O)NC1CCCC1. The lowest BCUT2D eigenvalue weighted by molar-refractivity contribution is -0.136. The summed E-state index contributed by atoms with van der Waals surface area (Å²) in [6, 6.07) is 14.5. The lowest BCUT2D eigenvalue weighted by Gasteiger charge is -2.12. The molecule has 6 heteroatoms. The zero-order chi connectivity index (χ0) is 18.4. The highest BCUT2D eigenvalue weighted by Crippen LogP contribution is 2.19. The molecule has 1 fully saturated rings. The largest absolute Gasteiger partial charge is 0.489 e. The number of halogens is 1. The van der Waals surface area contributed by atoms with Crippen LogP contribution >= 0.6 is 11.6 Å². The van der Waals surface area contributed by atoms with Gasteiger partial charge >= 0.3 is 11.8 Å². The number of amides is 2. The van der Waals surface area contributed by atoms with Crippen LogP contribution in [0, 0.1) is 0 Å². The molecule has 1 aliphatic carbocycles. The normalized spacial score (nSPS) is 14.0. The summed E-state index contributed by atoms with van der Waals surface area (Å²) in [4.78, 5) is 23.9. The summed E-state index contributed by atoms with van der Waals surface area (Å²) < 4.78 is 5.69. The van der Waals surface area contributed by atoms with Crippen LogP contribution in [-0.4, -0.2) is 17.9 Å². The Kier molecular flexibility index (Phi) is 6.12. The zero-order valence-electron chi connectivity index (χ0n) is 14.3. The Labute approximate surface area is 157 Å². The molecule has 0 radical (unpaired) electrons. The lowest BCUT2D eigenvalue weighted by Crippen LogP contribution is -2.40. The first-order valence-corrected chi connectivity index (χ1v) is 9.07. The van der Waals surface area contributed by atoms with E-state index in [1.165, 1.54) is 0 Å². The van der Waals surface area contributed by atoms with Gasteiger partial charge in [-0.3, -0.25) is 9.59 Å². The van der Waals surface area contributed by atoms with Gasteiger partial charge in [0, 0.05) is 16.8 Å². The standard InChI is InChI=1S/C20H21ClN2O3/c21-15-7-5-14(6-8-15)13-26-18-11-9-17(10-12-18)23-20(25)19(24)22-16-3-1-2-4-16/h5-12,16H,1-4,13H2,(H,22,24)(H,23,25). The van der Waals surface area contributed by atoms with Crippen molar-refractivity contribution < 1.29 is 14.3 Å². The molecule has 0 spiro atoms. The molecule has 0 aliphatic heterocycles. The van der Waals surface area contributed by atoms with Crippen molar-refractivity contribution in [3.63, 3.8) is 0 Å². The molecular weight excluding hydrogens is 352 g/mol. The Morgan fingerprint density at radius 3 is 2.27 bits per heavy atom. The number of hydrogen-bond acceptors (Lipinski definition) is 3. The number of carbonyl (C=O) groups excluding carboxylic acids is 2. The molecule has 2 N–H and O–H groups in total. The molecule has 0 heterocycles. The molecule has 0 saturated heterocycles. The summed E-state index contributed by atoms with van der Waals surface area (Å²) in [6.07, 6.45) is 4.09. The molecule has 0 bridgehead atoms. The smallest absolute Gasteiger partial charge is 0.313 e. The van der Waals surface area contributed by atoms with Gasteiger partial charge in [-0.2, -0.15) is 0 Å². The summed E-state index contributed by atoms with van der Waals surface area (Å²) in [6.45, 7) is 0.423. The molecule has 0 atom stereocenters. The van der Waals surface area contributed by atoms with Gasteiger partial charge in [0.25, 0.3) is 0 Å². The van der Waals surface area contributed by atoms with Gasteiger partial charge in [0.05, 0.1) is 0 Å². The summed E-state index contributed by atoms with van der Waals surface area (Å²) in [5.74, 6) is -0.556. The molecular formula is C20H21ClN2O3. The summed E-state index contributed by atoms with van der Waals surface area (Å²) in [7, 11) is 0. The van der Waals surface area contributed by atoms with Gasteiger partial charge in [-0.15, -0.1) is 0 Å². The van der Waals surface area contributed by atoms with Crippen molar-refractivity contribution in [2.75, 3.05) is 5.32 Å². The van der Waals surface area contributed by atoms with E-state index in [1.807, 2.05) is 24.3 Å². The third-order valence-corrected chi connectivity index (χ3v) is 4.58. The van der Waals surface area contributed by atoms with Crippen molar-refractivity contribution in [3.8, 4) is 5.75 Å². The third-order valence-electron chi connectivity index (χ3n) is 4.33. The summed E-state index contributed by atoms with van der Waals surface area (Å²) in [5.41, 5.74) is 1.56. The van der Waals surface area contributed by atoms with Crippen molar-refractivity contribution in [1.82, 2.24) is 5.32 Å². The van der Waals surface area contributed by atoms with Gasteiger partial charge in [-0.05, 0) is 54.8 Å². The molecule has 3 rings (SSSR count). The minimum atomic E-state index is -0.647. The molecule has 2 amide bonds. The first-order chi connectivity index (χ1) is 12.6. The second-order valence-electron chi connectivity index (χ2n) is 6.35. The van der Waals surface area contributed by atoms with E-state index in [2.05, 4.69) is 10.6 Å². The zero-order valence-corrected chi connectivity index (χ0v) is 15.1. The maximum absolute atomic E-state index is 12.0. The number of nitrogens with one attached hydrogen (secondary N) is 2. The molecule has 1 saturated carbocycles. The Bertz CT molecular complexity index is 754. The Morgan fingerprint density at radius 2 is 1.62 bits per heavy atom. The molecule has 0 aromatic heterocycles. The van der Waals surface area contributed by atoms with Crippen LogP contribution in [0.4, 0.5) is 5.69 Å². The average molecular weight is 373 g/mol. The van der Waals surface area contributed by atoms with Crippen LogP contribution in [0.15, 0.2) is 48.5 Å². The fourth-order valence-electron chi connectivity index (χ4n) is 2.89. The van der Waals surface area contributed by atoms with Crippen molar-refractivity contribution in [2.24, 2.45) is 0 Å². The predicted molar refractivity (Wildman–Crippen MR) is 101 cm³/mol. The van der Waals surface area contributed by atoms with Gasteiger partial charge < -0.3 is 15.4 Å². The van der Waals surface area contributed by atoms with E-state index in [-0.39, 0.29) is 6.04 Å². The fourth-order valence-corrected chi connectivity index (χ4v) is 3.02. The minimum absolute atomic E-state index is 0.122. The second kappa shape index (κ2) is 8.72. The van der Waals surface area contributed by atoms with Crippen LogP contribution in [0.3, 0.4) is 0 Å². The highest BCUT2D eigenvalue weighted by molar-refractivity contribution is 6.39. The number of carbonyl (C=O) groups is 2. The first kappa shape index (κ1) is 18.3. The van der Waals surface area contributed by atoms with Crippen LogP contribution in [0.1, 0.15) is 31.2 Å². The van der Waals surface area contributed by atoms with E-state index in [9.17, 15) is 9.59 Å². The number of anilines is 1. The average Bonchev–Trinajstić information content (AvgIpc) is 3.15. The molecule has 1 aliphatic rings. The molecule has 2 aromatic carbocycles. The summed E-state index contributed by atoms with van der Waals surface area (Å²) >= 11 is 5.85. The van der Waals surface area contributed by atoms with Gasteiger partial charge in [-0.25, -0.2) is 0 Å². The van der Waals surface area contributed by atoms with E-state index in [4.69, 9.17) is 16.3 Å². The number of ether oxygens (including phenoxy) is 1. The number of benzene rings is 2. The van der Waals surface area contributed by atoms with Crippen LogP contribution in [0.2, 0.25) is 5.02 Å². The van der Waals surface area contributed by atoms with Gasteiger partial charge in [0.2, 0.25) is 0 Å². The predicted octanol–water partition coefficient (Wildman–Crippen LogP) is 3.92. The maximum Gasteiger partial charge on any atom is 0.313 e. The highest BCUT2D eigenvalue weighted by atomic mass is 35.5. The topological polar surface area (TPSA) is 67.4 Å². The first-order valence-electron chi connectivity index (χ1n) is 8.69.